The van der Waals surface area contributed by atoms with Crippen LogP contribution in [-0.4, -0.2) is 13.2 Å². The topological polar surface area (TPSA) is 33.0 Å². The highest BCUT2D eigenvalue weighted by Crippen LogP contribution is 2.31. The van der Waals surface area contributed by atoms with Crippen LogP contribution in [-0.2, 0) is 4.74 Å². The average molecular weight is 269 g/mol. The number of hydrogen-bond acceptors (Lipinski definition) is 2. The first kappa shape index (κ1) is 14.8. The fraction of sp³-hybridized carbons (Fsp3) is 0.500. The zero-order valence-corrected chi connectivity index (χ0v) is 12.3. The zero-order chi connectivity index (χ0) is 14.2. The quantitative estimate of drug-likeness (QED) is 0.559. The van der Waals surface area contributed by atoms with Gasteiger partial charge in [-0.15, -0.1) is 0 Å². The predicted octanol–water partition coefficient (Wildman–Crippen LogP) is 4.48. The molecule has 1 heterocycles. The first-order valence-corrected chi connectivity index (χ1v) is 7.51. The molecule has 106 valence electrons. The second kappa shape index (κ2) is 7.87. The van der Waals surface area contributed by atoms with Crippen molar-refractivity contribution in [3.8, 4) is 6.07 Å². The highest BCUT2D eigenvalue weighted by atomic mass is 16.5. The fourth-order valence-electron chi connectivity index (χ4n) is 2.84. The van der Waals surface area contributed by atoms with Crippen molar-refractivity contribution in [3.05, 3.63) is 47.1 Å². The molecule has 1 aliphatic carbocycles. The lowest BCUT2D eigenvalue weighted by Gasteiger charge is -2.27. The van der Waals surface area contributed by atoms with Crippen LogP contribution in [0.1, 0.15) is 39.0 Å². The van der Waals surface area contributed by atoms with Crippen LogP contribution < -0.4 is 0 Å². The third-order valence-electron chi connectivity index (χ3n) is 3.95. The van der Waals surface area contributed by atoms with Crippen LogP contribution in [0, 0.1) is 17.2 Å². The Morgan fingerprint density at radius 2 is 2.30 bits per heavy atom. The van der Waals surface area contributed by atoms with Crippen molar-refractivity contribution in [1.29, 1.82) is 5.26 Å². The molecule has 0 spiro atoms. The molecule has 0 N–H and O–H groups in total. The minimum Gasteiger partial charge on any atom is -0.381 e. The molecule has 1 saturated heterocycles. The fourth-order valence-corrected chi connectivity index (χ4v) is 2.84. The molecule has 2 aliphatic rings. The van der Waals surface area contributed by atoms with Crippen molar-refractivity contribution < 1.29 is 4.74 Å². The number of nitrogens with zero attached hydrogens (tertiary/aromatic N) is 1. The summed E-state index contributed by atoms with van der Waals surface area (Å²) in [6, 6.07) is 2.05. The monoisotopic (exact) mass is 269 g/mol. The Balaban J connectivity index is 2.01. The zero-order valence-electron chi connectivity index (χ0n) is 12.3. The lowest BCUT2D eigenvalue weighted by Crippen LogP contribution is -2.20. The van der Waals surface area contributed by atoms with Crippen LogP contribution in [0.25, 0.3) is 0 Å². The van der Waals surface area contributed by atoms with E-state index in [0.717, 1.165) is 25.2 Å². The summed E-state index contributed by atoms with van der Waals surface area (Å²) in [5, 5.41) is 8.57. The van der Waals surface area contributed by atoms with E-state index in [9.17, 15) is 0 Å². The van der Waals surface area contributed by atoms with Gasteiger partial charge in [-0.3, -0.25) is 0 Å². The minimum atomic E-state index is 0.636. The summed E-state index contributed by atoms with van der Waals surface area (Å²) < 4.78 is 5.60. The molecule has 2 heteroatoms. The third kappa shape index (κ3) is 4.51. The number of ether oxygens (including phenoxy) is 1. The van der Waals surface area contributed by atoms with Crippen molar-refractivity contribution in [3.63, 3.8) is 0 Å². The summed E-state index contributed by atoms with van der Waals surface area (Å²) in [6.45, 7) is 3.78. The van der Waals surface area contributed by atoms with Crippen LogP contribution in [0.5, 0.6) is 0 Å². The first-order valence-electron chi connectivity index (χ1n) is 7.51. The number of nitriles is 1. The van der Waals surface area contributed by atoms with E-state index in [1.807, 2.05) is 19.1 Å². The Morgan fingerprint density at radius 3 is 3.05 bits per heavy atom. The van der Waals surface area contributed by atoms with Crippen molar-refractivity contribution in [2.45, 2.75) is 39.0 Å². The molecule has 0 saturated carbocycles. The van der Waals surface area contributed by atoms with Gasteiger partial charge in [0.1, 0.15) is 0 Å². The average Bonchev–Trinajstić information content (AvgIpc) is 2.49. The number of rotatable bonds is 3. The maximum atomic E-state index is 8.57. The van der Waals surface area contributed by atoms with E-state index < -0.39 is 0 Å². The molecule has 0 aromatic rings. The Bertz CT molecular complexity index is 482. The van der Waals surface area contributed by atoms with Gasteiger partial charge in [-0.05, 0) is 50.2 Å². The summed E-state index contributed by atoms with van der Waals surface area (Å²) in [4.78, 5) is 0. The van der Waals surface area contributed by atoms with Crippen LogP contribution in [0.4, 0.5) is 0 Å². The van der Waals surface area contributed by atoms with Gasteiger partial charge in [-0.2, -0.15) is 5.26 Å². The summed E-state index contributed by atoms with van der Waals surface area (Å²) in [7, 11) is 0. The molecule has 0 aromatic carbocycles. The van der Waals surface area contributed by atoms with E-state index in [4.69, 9.17) is 10.00 Å². The normalized spacial score (nSPS) is 26.6. The highest BCUT2D eigenvalue weighted by molar-refractivity contribution is 5.33. The summed E-state index contributed by atoms with van der Waals surface area (Å²) in [5.74, 6) is 0.636. The molecule has 1 atom stereocenters. The van der Waals surface area contributed by atoms with Gasteiger partial charge in [0.2, 0.25) is 0 Å². The lowest BCUT2D eigenvalue weighted by molar-refractivity contribution is 0.0659. The molecule has 2 rings (SSSR count). The van der Waals surface area contributed by atoms with Gasteiger partial charge < -0.3 is 4.74 Å². The smallest absolute Gasteiger partial charge is 0.0914 e. The van der Waals surface area contributed by atoms with Gasteiger partial charge >= 0.3 is 0 Å². The van der Waals surface area contributed by atoms with Crippen LogP contribution in [0.15, 0.2) is 47.1 Å². The Kier molecular flexibility index (Phi) is 5.83. The minimum absolute atomic E-state index is 0.636. The largest absolute Gasteiger partial charge is 0.381 e. The first-order chi connectivity index (χ1) is 9.79. The van der Waals surface area contributed by atoms with Crippen LogP contribution >= 0.6 is 0 Å². The van der Waals surface area contributed by atoms with Crippen LogP contribution in [0.2, 0.25) is 0 Å². The van der Waals surface area contributed by atoms with Gasteiger partial charge in [0.25, 0.3) is 0 Å². The number of hydrogen-bond donors (Lipinski definition) is 0. The van der Waals surface area contributed by atoms with Crippen molar-refractivity contribution in [2.75, 3.05) is 13.2 Å². The molecule has 1 unspecified atom stereocenters. The maximum Gasteiger partial charge on any atom is 0.0914 e. The van der Waals surface area contributed by atoms with E-state index in [2.05, 4.69) is 18.2 Å². The second-order valence-electron chi connectivity index (χ2n) is 5.61. The third-order valence-corrected chi connectivity index (χ3v) is 3.95. The van der Waals surface area contributed by atoms with Crippen LogP contribution in [0.3, 0.4) is 0 Å². The molecule has 0 radical (unpaired) electrons. The molecule has 0 bridgehead atoms. The standard InChI is InChI=1S/C18H23NO/c1-15(10-11-19)5-2-6-16-7-3-8-17(13-16)18-9-4-12-20-14-18/h2,5-6,10,13,18H,3-4,7-9,12,14H2,1H3/b5-2+,15-10+,16-6+. The van der Waals surface area contributed by atoms with Crippen molar-refractivity contribution in [2.24, 2.45) is 5.92 Å². The molecular formula is C18H23NO. The summed E-state index contributed by atoms with van der Waals surface area (Å²) >= 11 is 0. The molecule has 0 amide bonds. The van der Waals surface area contributed by atoms with Gasteiger partial charge in [0.05, 0.1) is 12.7 Å². The van der Waals surface area contributed by atoms with E-state index in [-0.39, 0.29) is 0 Å². The Labute approximate surface area is 122 Å². The molecule has 1 aliphatic heterocycles. The van der Waals surface area contributed by atoms with Gasteiger partial charge in [-0.25, -0.2) is 0 Å². The van der Waals surface area contributed by atoms with Gasteiger partial charge in [0, 0.05) is 18.6 Å². The van der Waals surface area contributed by atoms with Gasteiger partial charge in [0.15, 0.2) is 0 Å². The Hall–Kier alpha value is -1.59. The van der Waals surface area contributed by atoms with E-state index >= 15 is 0 Å². The van der Waals surface area contributed by atoms with E-state index in [1.54, 1.807) is 11.6 Å². The lowest BCUT2D eigenvalue weighted by atomic mass is 9.84. The second-order valence-corrected chi connectivity index (χ2v) is 5.61. The maximum absolute atomic E-state index is 8.57. The predicted molar refractivity (Wildman–Crippen MR) is 82.1 cm³/mol. The van der Waals surface area contributed by atoms with Crippen molar-refractivity contribution in [1.82, 2.24) is 0 Å². The van der Waals surface area contributed by atoms with E-state index in [1.165, 1.54) is 31.3 Å². The SMILES string of the molecule is CC(/C=C/C=C1/C=C(C2CCCOC2)CCC1)=C\C#N. The molecule has 0 aromatic heterocycles. The van der Waals surface area contributed by atoms with E-state index in [0.29, 0.717) is 5.92 Å². The molecule has 2 nitrogen and oxygen atoms in total. The number of allylic oxidation sites excluding steroid dienone is 7. The molecule has 1 fully saturated rings. The summed E-state index contributed by atoms with van der Waals surface area (Å²) in [6.07, 6.45) is 16.2. The molecular weight excluding hydrogens is 246 g/mol. The highest BCUT2D eigenvalue weighted by Gasteiger charge is 2.20. The molecule has 20 heavy (non-hydrogen) atoms. The van der Waals surface area contributed by atoms with Gasteiger partial charge in [-0.1, -0.05) is 29.9 Å². The van der Waals surface area contributed by atoms with Crippen molar-refractivity contribution >= 4 is 0 Å². The Morgan fingerprint density at radius 1 is 1.40 bits per heavy atom. The summed E-state index contributed by atoms with van der Waals surface area (Å²) in [5.41, 5.74) is 3.96.